The normalized spacial score (nSPS) is 45.0. The molecule has 0 saturated carbocycles. The molecule has 2 nitrogen and oxygen atoms in total. The Hall–Kier alpha value is -0.0800. The van der Waals surface area contributed by atoms with Crippen molar-refractivity contribution < 1.29 is 9.47 Å². The predicted molar refractivity (Wildman–Crippen MR) is 28.7 cm³/mol. The molecule has 0 bridgehead atoms. The van der Waals surface area contributed by atoms with Gasteiger partial charge in [0.15, 0.2) is 0 Å². The Morgan fingerprint density at radius 2 is 2.25 bits per heavy atom. The van der Waals surface area contributed by atoms with Crippen molar-refractivity contribution in [3.8, 4) is 0 Å². The van der Waals surface area contributed by atoms with E-state index in [1.165, 1.54) is 6.42 Å². The lowest BCUT2D eigenvalue weighted by Crippen LogP contribution is -2.11. The van der Waals surface area contributed by atoms with Crippen LogP contribution in [0, 0.1) is 5.92 Å². The molecule has 0 aromatic carbocycles. The molecule has 0 amide bonds. The van der Waals surface area contributed by atoms with Crippen molar-refractivity contribution in [1.29, 1.82) is 0 Å². The third kappa shape index (κ3) is 0.565. The minimum absolute atomic E-state index is 0.454. The second-order valence-corrected chi connectivity index (χ2v) is 2.50. The van der Waals surface area contributed by atoms with Crippen LogP contribution in [0.25, 0.3) is 0 Å². The van der Waals surface area contributed by atoms with Crippen molar-refractivity contribution in [3.63, 3.8) is 0 Å². The number of hydrogen-bond acceptors (Lipinski definition) is 2. The van der Waals surface area contributed by atoms with Gasteiger partial charge in [0.05, 0.1) is 19.3 Å². The van der Waals surface area contributed by atoms with Crippen LogP contribution in [0.1, 0.15) is 6.42 Å². The SMILES string of the molecule is C1CC2COCC2O1. The van der Waals surface area contributed by atoms with Crippen LogP contribution in [0.4, 0.5) is 0 Å². The van der Waals surface area contributed by atoms with E-state index in [4.69, 9.17) is 9.47 Å². The minimum Gasteiger partial charge on any atom is -0.378 e. The Labute approximate surface area is 48.8 Å². The molecule has 0 spiro atoms. The summed E-state index contributed by atoms with van der Waals surface area (Å²) in [6, 6.07) is 0. The van der Waals surface area contributed by atoms with Crippen molar-refractivity contribution in [3.05, 3.63) is 0 Å². The smallest absolute Gasteiger partial charge is 0.0859 e. The molecule has 2 fully saturated rings. The summed E-state index contributed by atoms with van der Waals surface area (Å²) in [4.78, 5) is 0. The highest BCUT2D eigenvalue weighted by Gasteiger charge is 2.33. The highest BCUT2D eigenvalue weighted by Crippen LogP contribution is 2.26. The summed E-state index contributed by atoms with van der Waals surface area (Å²) in [6.07, 6.45) is 1.67. The third-order valence-electron chi connectivity index (χ3n) is 1.96. The second-order valence-electron chi connectivity index (χ2n) is 2.50. The number of fused-ring (bicyclic) bond motifs is 1. The van der Waals surface area contributed by atoms with Crippen LogP contribution in [-0.2, 0) is 9.47 Å². The lowest BCUT2D eigenvalue weighted by molar-refractivity contribution is 0.0710. The number of hydrogen-bond donors (Lipinski definition) is 0. The van der Waals surface area contributed by atoms with Crippen molar-refractivity contribution in [1.82, 2.24) is 0 Å². The van der Waals surface area contributed by atoms with Gasteiger partial charge in [-0.2, -0.15) is 0 Å². The molecule has 2 rings (SSSR count). The summed E-state index contributed by atoms with van der Waals surface area (Å²) in [7, 11) is 0. The van der Waals surface area contributed by atoms with Crippen LogP contribution in [0.5, 0.6) is 0 Å². The maximum Gasteiger partial charge on any atom is 0.0859 e. The van der Waals surface area contributed by atoms with Crippen LogP contribution in [0.2, 0.25) is 0 Å². The van der Waals surface area contributed by atoms with Gasteiger partial charge in [0.25, 0.3) is 0 Å². The van der Waals surface area contributed by atoms with Crippen molar-refractivity contribution >= 4 is 0 Å². The molecule has 2 aliphatic heterocycles. The zero-order valence-corrected chi connectivity index (χ0v) is 4.80. The van der Waals surface area contributed by atoms with E-state index in [1.54, 1.807) is 0 Å². The topological polar surface area (TPSA) is 18.5 Å². The third-order valence-corrected chi connectivity index (χ3v) is 1.96. The van der Waals surface area contributed by atoms with Gasteiger partial charge >= 0.3 is 0 Å². The molecule has 0 radical (unpaired) electrons. The molecule has 2 heteroatoms. The first-order valence-electron chi connectivity index (χ1n) is 3.16. The molecular formula is C6H10O2. The largest absolute Gasteiger partial charge is 0.378 e. The molecule has 0 aromatic rings. The fourth-order valence-electron chi connectivity index (χ4n) is 1.40. The molecule has 2 unspecified atom stereocenters. The van der Waals surface area contributed by atoms with E-state index in [9.17, 15) is 0 Å². The summed E-state index contributed by atoms with van der Waals surface area (Å²) in [6.45, 7) is 2.73. The maximum absolute atomic E-state index is 5.35. The van der Waals surface area contributed by atoms with Gasteiger partial charge in [0.2, 0.25) is 0 Å². The summed E-state index contributed by atoms with van der Waals surface area (Å²) in [5.41, 5.74) is 0. The van der Waals surface area contributed by atoms with E-state index in [1.807, 2.05) is 0 Å². The monoisotopic (exact) mass is 114 g/mol. The summed E-state index contributed by atoms with van der Waals surface area (Å²) >= 11 is 0. The van der Waals surface area contributed by atoms with Crippen molar-refractivity contribution in [2.75, 3.05) is 19.8 Å². The number of rotatable bonds is 0. The molecule has 8 heavy (non-hydrogen) atoms. The highest BCUT2D eigenvalue weighted by molar-refractivity contribution is 4.79. The molecular weight excluding hydrogens is 104 g/mol. The van der Waals surface area contributed by atoms with Crippen LogP contribution in [0.15, 0.2) is 0 Å². The van der Waals surface area contributed by atoms with Gasteiger partial charge in [0.1, 0.15) is 0 Å². The Balaban J connectivity index is 2.04. The average molecular weight is 114 g/mol. The van der Waals surface area contributed by atoms with E-state index < -0.39 is 0 Å². The lowest BCUT2D eigenvalue weighted by Gasteiger charge is -2.01. The highest BCUT2D eigenvalue weighted by atomic mass is 16.6. The van der Waals surface area contributed by atoms with Crippen LogP contribution in [-0.4, -0.2) is 25.9 Å². The van der Waals surface area contributed by atoms with Crippen LogP contribution in [0.3, 0.4) is 0 Å². The summed E-state index contributed by atoms with van der Waals surface area (Å²) in [5.74, 6) is 0.731. The average Bonchev–Trinajstić information content (AvgIpc) is 2.15. The zero-order valence-electron chi connectivity index (χ0n) is 4.80. The van der Waals surface area contributed by atoms with Gasteiger partial charge in [-0.15, -0.1) is 0 Å². The first kappa shape index (κ1) is 4.77. The maximum atomic E-state index is 5.35. The predicted octanol–water partition coefficient (Wildman–Crippen LogP) is 0.422. The van der Waals surface area contributed by atoms with Gasteiger partial charge in [-0.1, -0.05) is 0 Å². The molecule has 0 N–H and O–H groups in total. The Morgan fingerprint density at radius 3 is 3.12 bits per heavy atom. The zero-order chi connectivity index (χ0) is 5.40. The van der Waals surface area contributed by atoms with E-state index in [0.717, 1.165) is 25.7 Å². The van der Waals surface area contributed by atoms with Gasteiger partial charge < -0.3 is 9.47 Å². The van der Waals surface area contributed by atoms with Crippen molar-refractivity contribution in [2.24, 2.45) is 5.92 Å². The van der Waals surface area contributed by atoms with Gasteiger partial charge in [-0.25, -0.2) is 0 Å². The van der Waals surface area contributed by atoms with E-state index in [-0.39, 0.29) is 0 Å². The van der Waals surface area contributed by atoms with Crippen LogP contribution < -0.4 is 0 Å². The molecule has 2 saturated heterocycles. The van der Waals surface area contributed by atoms with Gasteiger partial charge in [0, 0.05) is 12.5 Å². The van der Waals surface area contributed by atoms with Gasteiger partial charge in [-0.05, 0) is 6.42 Å². The fourth-order valence-corrected chi connectivity index (χ4v) is 1.40. The molecule has 2 atom stereocenters. The molecule has 46 valence electrons. The standard InChI is InChI=1S/C6H10O2/c1-2-8-6-4-7-3-5(1)6/h5-6H,1-4H2. The first-order chi connectivity index (χ1) is 3.97. The van der Waals surface area contributed by atoms with Crippen LogP contribution >= 0.6 is 0 Å². The molecule has 0 aliphatic carbocycles. The first-order valence-corrected chi connectivity index (χ1v) is 3.16. The van der Waals surface area contributed by atoms with E-state index >= 15 is 0 Å². The Bertz CT molecular complexity index is 72.5. The summed E-state index contributed by atoms with van der Waals surface area (Å²) in [5, 5.41) is 0. The second kappa shape index (κ2) is 1.71. The number of ether oxygens (including phenoxy) is 2. The fraction of sp³-hybridized carbons (Fsp3) is 1.00. The van der Waals surface area contributed by atoms with E-state index in [2.05, 4.69) is 0 Å². The Morgan fingerprint density at radius 1 is 1.25 bits per heavy atom. The van der Waals surface area contributed by atoms with Gasteiger partial charge in [-0.3, -0.25) is 0 Å². The molecule has 2 aliphatic rings. The quantitative estimate of drug-likeness (QED) is 0.454. The lowest BCUT2D eigenvalue weighted by atomic mass is 10.1. The summed E-state index contributed by atoms with van der Waals surface area (Å²) < 4.78 is 10.5. The minimum atomic E-state index is 0.454. The molecule has 0 aromatic heterocycles. The Kier molecular flexibility index (Phi) is 1.02. The van der Waals surface area contributed by atoms with E-state index in [0.29, 0.717) is 6.10 Å². The molecule has 2 heterocycles. The van der Waals surface area contributed by atoms with Crippen molar-refractivity contribution in [2.45, 2.75) is 12.5 Å².